The normalized spacial score (nSPS) is 10.0. The van der Waals surface area contributed by atoms with Crippen molar-refractivity contribution in [3.63, 3.8) is 0 Å². The lowest BCUT2D eigenvalue weighted by atomic mass is 10.2. The molecule has 0 unspecified atom stereocenters. The van der Waals surface area contributed by atoms with Crippen LogP contribution in [0.4, 0.5) is 13.2 Å². The number of ether oxygens (including phenoxy) is 2. The van der Waals surface area contributed by atoms with Crippen molar-refractivity contribution in [3.05, 3.63) is 29.3 Å². The van der Waals surface area contributed by atoms with E-state index in [1.54, 1.807) is 0 Å². The number of methoxy groups -OCH3 is 1. The SMILES string of the molecule is COC(=O)c1cc(F)c(OCCF)c(F)c1. The van der Waals surface area contributed by atoms with E-state index in [0.29, 0.717) is 0 Å². The van der Waals surface area contributed by atoms with Crippen LogP contribution in [0, 0.1) is 11.6 Å². The molecule has 0 saturated carbocycles. The highest BCUT2D eigenvalue weighted by Crippen LogP contribution is 2.23. The molecule has 0 spiro atoms. The second-order valence-electron chi connectivity index (χ2n) is 2.80. The van der Waals surface area contributed by atoms with Gasteiger partial charge in [0.1, 0.15) is 13.3 Å². The molecule has 0 fully saturated rings. The van der Waals surface area contributed by atoms with E-state index in [0.717, 1.165) is 19.2 Å². The first-order valence-electron chi connectivity index (χ1n) is 4.36. The van der Waals surface area contributed by atoms with Crippen LogP contribution in [-0.4, -0.2) is 26.4 Å². The van der Waals surface area contributed by atoms with E-state index in [4.69, 9.17) is 0 Å². The first kappa shape index (κ1) is 12.4. The maximum absolute atomic E-state index is 13.2. The molecule has 0 aromatic heterocycles. The highest BCUT2D eigenvalue weighted by Gasteiger charge is 2.16. The Morgan fingerprint density at radius 3 is 2.31 bits per heavy atom. The second kappa shape index (κ2) is 5.39. The summed E-state index contributed by atoms with van der Waals surface area (Å²) in [5.74, 6) is -3.72. The lowest BCUT2D eigenvalue weighted by Gasteiger charge is -2.07. The summed E-state index contributed by atoms with van der Waals surface area (Å²) < 4.78 is 47.0. The lowest BCUT2D eigenvalue weighted by molar-refractivity contribution is 0.0599. The number of benzene rings is 1. The molecular weight excluding hydrogens is 225 g/mol. The van der Waals surface area contributed by atoms with Gasteiger partial charge < -0.3 is 9.47 Å². The van der Waals surface area contributed by atoms with Gasteiger partial charge in [0.15, 0.2) is 17.4 Å². The van der Waals surface area contributed by atoms with Crippen molar-refractivity contribution >= 4 is 5.97 Å². The van der Waals surface area contributed by atoms with Crippen molar-refractivity contribution in [2.75, 3.05) is 20.4 Å². The fourth-order valence-corrected chi connectivity index (χ4v) is 1.07. The molecule has 0 aliphatic heterocycles. The number of carbonyl (C=O) groups is 1. The molecule has 1 rings (SSSR count). The van der Waals surface area contributed by atoms with Gasteiger partial charge in [-0.1, -0.05) is 0 Å². The van der Waals surface area contributed by atoms with Gasteiger partial charge in [0.25, 0.3) is 0 Å². The number of esters is 1. The van der Waals surface area contributed by atoms with Crippen molar-refractivity contribution in [2.45, 2.75) is 0 Å². The number of rotatable bonds is 4. The molecule has 16 heavy (non-hydrogen) atoms. The Kier molecular flexibility index (Phi) is 4.16. The summed E-state index contributed by atoms with van der Waals surface area (Å²) in [4.78, 5) is 11.0. The van der Waals surface area contributed by atoms with E-state index < -0.39 is 36.6 Å². The standard InChI is InChI=1S/C10H9F3O3/c1-15-10(14)6-4-7(12)9(8(13)5-6)16-3-2-11/h4-5H,2-3H2,1H3. The molecule has 0 bridgehead atoms. The van der Waals surface area contributed by atoms with Gasteiger partial charge in [0.2, 0.25) is 0 Å². The van der Waals surface area contributed by atoms with Gasteiger partial charge in [0.05, 0.1) is 12.7 Å². The number of halogens is 3. The smallest absolute Gasteiger partial charge is 0.338 e. The van der Waals surface area contributed by atoms with Crippen molar-refractivity contribution in [1.29, 1.82) is 0 Å². The van der Waals surface area contributed by atoms with Gasteiger partial charge in [-0.15, -0.1) is 0 Å². The first-order valence-corrected chi connectivity index (χ1v) is 4.36. The molecular formula is C10H9F3O3. The molecule has 0 N–H and O–H groups in total. The van der Waals surface area contributed by atoms with Crippen LogP contribution in [0.2, 0.25) is 0 Å². The molecule has 0 amide bonds. The Morgan fingerprint density at radius 1 is 1.31 bits per heavy atom. The molecule has 0 saturated heterocycles. The number of carbonyl (C=O) groups excluding carboxylic acids is 1. The van der Waals surface area contributed by atoms with Gasteiger partial charge in [-0.25, -0.2) is 18.0 Å². The molecule has 0 heterocycles. The number of hydrogen-bond donors (Lipinski definition) is 0. The zero-order chi connectivity index (χ0) is 12.1. The largest absolute Gasteiger partial charge is 0.485 e. The second-order valence-corrected chi connectivity index (χ2v) is 2.80. The predicted molar refractivity (Wildman–Crippen MR) is 49.2 cm³/mol. The summed E-state index contributed by atoms with van der Waals surface area (Å²) in [7, 11) is 1.09. The van der Waals surface area contributed by atoms with Crippen LogP contribution in [0.3, 0.4) is 0 Å². The summed E-state index contributed by atoms with van der Waals surface area (Å²) in [6, 6.07) is 1.53. The lowest BCUT2D eigenvalue weighted by Crippen LogP contribution is -2.07. The van der Waals surface area contributed by atoms with E-state index in [2.05, 4.69) is 9.47 Å². The third-order valence-electron chi connectivity index (χ3n) is 1.74. The molecule has 0 aliphatic carbocycles. The molecule has 88 valence electrons. The monoisotopic (exact) mass is 234 g/mol. The fraction of sp³-hybridized carbons (Fsp3) is 0.300. The molecule has 1 aromatic rings. The Morgan fingerprint density at radius 2 is 1.88 bits per heavy atom. The molecule has 6 heteroatoms. The van der Waals surface area contributed by atoms with E-state index >= 15 is 0 Å². The first-order chi connectivity index (χ1) is 7.60. The summed E-state index contributed by atoms with van der Waals surface area (Å²) in [5.41, 5.74) is -0.273. The minimum atomic E-state index is -1.08. The highest BCUT2D eigenvalue weighted by atomic mass is 19.1. The quantitative estimate of drug-likeness (QED) is 0.748. The zero-order valence-electron chi connectivity index (χ0n) is 8.43. The van der Waals surface area contributed by atoms with Crippen LogP contribution < -0.4 is 4.74 Å². The Hall–Kier alpha value is -1.72. The maximum Gasteiger partial charge on any atom is 0.338 e. The number of alkyl halides is 1. The van der Waals surface area contributed by atoms with Gasteiger partial charge in [0, 0.05) is 0 Å². The van der Waals surface area contributed by atoms with Gasteiger partial charge in [-0.2, -0.15) is 0 Å². The van der Waals surface area contributed by atoms with Crippen LogP contribution in [0.15, 0.2) is 12.1 Å². The molecule has 0 aliphatic rings. The average molecular weight is 234 g/mol. The Balaban J connectivity index is 3.02. The maximum atomic E-state index is 13.2. The Labute approximate surface area is 89.8 Å². The summed E-state index contributed by atoms with van der Waals surface area (Å²) in [6.07, 6.45) is 0. The summed E-state index contributed by atoms with van der Waals surface area (Å²) in [6.45, 7) is -1.32. The average Bonchev–Trinajstić information content (AvgIpc) is 2.26. The van der Waals surface area contributed by atoms with Crippen molar-refractivity contribution in [1.82, 2.24) is 0 Å². The van der Waals surface area contributed by atoms with Crippen LogP contribution in [-0.2, 0) is 4.74 Å². The van der Waals surface area contributed by atoms with E-state index in [9.17, 15) is 18.0 Å². The van der Waals surface area contributed by atoms with E-state index in [1.165, 1.54) is 0 Å². The van der Waals surface area contributed by atoms with Gasteiger partial charge >= 0.3 is 5.97 Å². The summed E-state index contributed by atoms with van der Waals surface area (Å²) in [5, 5.41) is 0. The van der Waals surface area contributed by atoms with Crippen molar-refractivity contribution in [2.24, 2.45) is 0 Å². The van der Waals surface area contributed by atoms with E-state index in [-0.39, 0.29) is 5.56 Å². The Bertz CT molecular complexity index is 370. The van der Waals surface area contributed by atoms with Crippen LogP contribution in [0.25, 0.3) is 0 Å². The number of hydrogen-bond acceptors (Lipinski definition) is 3. The van der Waals surface area contributed by atoms with Gasteiger partial charge in [-0.3, -0.25) is 0 Å². The van der Waals surface area contributed by atoms with Crippen LogP contribution >= 0.6 is 0 Å². The molecule has 3 nitrogen and oxygen atoms in total. The third kappa shape index (κ3) is 2.65. The van der Waals surface area contributed by atoms with Crippen LogP contribution in [0.5, 0.6) is 5.75 Å². The van der Waals surface area contributed by atoms with Gasteiger partial charge in [-0.05, 0) is 12.1 Å². The molecule has 1 aromatic carbocycles. The van der Waals surface area contributed by atoms with Crippen molar-refractivity contribution < 1.29 is 27.4 Å². The topological polar surface area (TPSA) is 35.5 Å². The third-order valence-corrected chi connectivity index (χ3v) is 1.74. The zero-order valence-corrected chi connectivity index (χ0v) is 8.43. The van der Waals surface area contributed by atoms with Crippen LogP contribution in [0.1, 0.15) is 10.4 Å². The summed E-state index contributed by atoms with van der Waals surface area (Å²) >= 11 is 0. The minimum Gasteiger partial charge on any atom is -0.485 e. The highest BCUT2D eigenvalue weighted by molar-refractivity contribution is 5.89. The minimum absolute atomic E-state index is 0.273. The van der Waals surface area contributed by atoms with E-state index in [1.807, 2.05) is 0 Å². The predicted octanol–water partition coefficient (Wildman–Crippen LogP) is 2.10. The fourth-order valence-electron chi connectivity index (χ4n) is 1.07. The molecule has 0 atom stereocenters. The molecule has 0 radical (unpaired) electrons. The van der Waals surface area contributed by atoms with Crippen molar-refractivity contribution in [3.8, 4) is 5.75 Å².